The Hall–Kier alpha value is -1.25. The minimum atomic E-state index is -4.03. The highest BCUT2D eigenvalue weighted by molar-refractivity contribution is 7.47. The van der Waals surface area contributed by atoms with E-state index in [1.54, 1.807) is 6.92 Å². The van der Waals surface area contributed by atoms with Gasteiger partial charge in [0.1, 0.15) is 18.4 Å². The van der Waals surface area contributed by atoms with Crippen molar-refractivity contribution in [3.05, 3.63) is 32.6 Å². The van der Waals surface area contributed by atoms with E-state index in [2.05, 4.69) is 9.51 Å². The zero-order chi connectivity index (χ0) is 14.5. The predicted octanol–water partition coefficient (Wildman–Crippen LogP) is -0.352. The van der Waals surface area contributed by atoms with Gasteiger partial charge in [0, 0.05) is 18.2 Å². The van der Waals surface area contributed by atoms with Crippen LogP contribution in [0.3, 0.4) is 0 Å². The van der Waals surface area contributed by atoms with Crippen LogP contribution in [0, 0.1) is 6.92 Å². The Morgan fingerprint density at radius 3 is 2.95 bits per heavy atom. The van der Waals surface area contributed by atoms with Crippen LogP contribution >= 0.6 is 7.82 Å². The third-order valence-corrected chi connectivity index (χ3v) is 4.32. The second kappa shape index (κ2) is 4.64. The van der Waals surface area contributed by atoms with Crippen LogP contribution < -0.4 is 11.2 Å². The van der Waals surface area contributed by atoms with E-state index in [1.807, 2.05) is 0 Å². The molecule has 0 bridgehead atoms. The number of phosphoric ester groups is 1. The molecule has 2 N–H and O–H groups in total. The SMILES string of the molecule is Cc1cn(C2CC3OP(=O)(O)OCC3O2)c(=O)[nH]c1=O. The summed E-state index contributed by atoms with van der Waals surface area (Å²) in [6.07, 6.45) is -0.196. The summed E-state index contributed by atoms with van der Waals surface area (Å²) in [5.41, 5.74) is -0.688. The highest BCUT2D eigenvalue weighted by Gasteiger charge is 2.46. The molecule has 2 aliphatic heterocycles. The number of rotatable bonds is 1. The lowest BCUT2D eigenvalue weighted by Crippen LogP contribution is -2.34. The van der Waals surface area contributed by atoms with Crippen LogP contribution in [0.1, 0.15) is 18.2 Å². The van der Waals surface area contributed by atoms with E-state index in [0.29, 0.717) is 5.56 Å². The molecule has 2 fully saturated rings. The number of hydrogen-bond donors (Lipinski definition) is 2. The van der Waals surface area contributed by atoms with Gasteiger partial charge in [0.05, 0.1) is 6.61 Å². The summed E-state index contributed by atoms with van der Waals surface area (Å²) in [4.78, 5) is 34.5. The summed E-state index contributed by atoms with van der Waals surface area (Å²) in [6.45, 7) is 1.49. The van der Waals surface area contributed by atoms with E-state index >= 15 is 0 Å². The van der Waals surface area contributed by atoms with E-state index in [9.17, 15) is 19.0 Å². The Morgan fingerprint density at radius 1 is 1.45 bits per heavy atom. The smallest absolute Gasteiger partial charge is 0.349 e. The summed E-state index contributed by atoms with van der Waals surface area (Å²) in [5.74, 6) is 0. The summed E-state index contributed by atoms with van der Waals surface area (Å²) in [7, 11) is -4.03. The maximum atomic E-state index is 11.8. The molecule has 110 valence electrons. The van der Waals surface area contributed by atoms with Crippen LogP contribution in [0.15, 0.2) is 15.8 Å². The van der Waals surface area contributed by atoms with Crippen LogP contribution in [0.5, 0.6) is 0 Å². The van der Waals surface area contributed by atoms with Gasteiger partial charge < -0.3 is 9.63 Å². The van der Waals surface area contributed by atoms with Crippen molar-refractivity contribution in [2.75, 3.05) is 6.61 Å². The summed E-state index contributed by atoms with van der Waals surface area (Å²) < 4.78 is 27.7. The average Bonchev–Trinajstić information content (AvgIpc) is 2.74. The van der Waals surface area contributed by atoms with E-state index in [1.165, 1.54) is 10.8 Å². The second-order valence-electron chi connectivity index (χ2n) is 4.75. The molecule has 0 aliphatic carbocycles. The highest BCUT2D eigenvalue weighted by Crippen LogP contribution is 2.52. The minimum Gasteiger partial charge on any atom is -0.349 e. The van der Waals surface area contributed by atoms with E-state index < -0.39 is 37.5 Å². The molecule has 0 aromatic carbocycles. The van der Waals surface area contributed by atoms with Gasteiger partial charge in [-0.15, -0.1) is 0 Å². The summed E-state index contributed by atoms with van der Waals surface area (Å²) >= 11 is 0. The van der Waals surface area contributed by atoms with E-state index in [0.717, 1.165) is 0 Å². The van der Waals surface area contributed by atoms with Gasteiger partial charge in [-0.1, -0.05) is 0 Å². The first kappa shape index (κ1) is 13.7. The lowest BCUT2D eigenvalue weighted by atomic mass is 10.2. The monoisotopic (exact) mass is 304 g/mol. The molecule has 4 atom stereocenters. The van der Waals surface area contributed by atoms with Crippen LogP contribution in [-0.2, 0) is 18.3 Å². The van der Waals surface area contributed by atoms with Gasteiger partial charge in [-0.3, -0.25) is 23.4 Å². The number of aromatic nitrogens is 2. The fourth-order valence-electron chi connectivity index (χ4n) is 2.30. The van der Waals surface area contributed by atoms with Gasteiger partial charge in [-0.2, -0.15) is 0 Å². The predicted molar refractivity (Wildman–Crippen MR) is 65.2 cm³/mol. The van der Waals surface area contributed by atoms with E-state index in [-0.39, 0.29) is 13.0 Å². The number of aryl methyl sites for hydroxylation is 1. The van der Waals surface area contributed by atoms with E-state index in [4.69, 9.17) is 9.26 Å². The Balaban J connectivity index is 1.88. The standard InChI is InChI=1S/C10H13N2O7P/c1-5-3-12(10(14)11-9(5)13)8-2-6-7(18-8)4-17-20(15,16)19-6/h3,6-8H,2,4H2,1H3,(H,15,16)(H,11,13,14). The summed E-state index contributed by atoms with van der Waals surface area (Å²) in [5, 5.41) is 0. The number of nitrogens with one attached hydrogen (secondary N) is 1. The fourth-order valence-corrected chi connectivity index (χ4v) is 3.26. The molecule has 4 unspecified atom stereocenters. The first-order valence-electron chi connectivity index (χ1n) is 5.99. The molecule has 1 aromatic heterocycles. The van der Waals surface area contributed by atoms with Crippen molar-refractivity contribution in [1.29, 1.82) is 0 Å². The maximum Gasteiger partial charge on any atom is 0.472 e. The summed E-state index contributed by atoms with van der Waals surface area (Å²) in [6, 6.07) is 0. The molecule has 20 heavy (non-hydrogen) atoms. The highest BCUT2D eigenvalue weighted by atomic mass is 31.2. The van der Waals surface area contributed by atoms with Gasteiger partial charge in [0.15, 0.2) is 0 Å². The molecule has 0 spiro atoms. The van der Waals surface area contributed by atoms with Crippen LogP contribution in [-0.4, -0.2) is 33.3 Å². The van der Waals surface area contributed by atoms with Crippen LogP contribution in [0.2, 0.25) is 0 Å². The molecule has 1 aromatic rings. The molecular weight excluding hydrogens is 291 g/mol. The first-order chi connectivity index (χ1) is 9.35. The van der Waals surface area contributed by atoms with Gasteiger partial charge in [-0.25, -0.2) is 9.36 Å². The fraction of sp³-hybridized carbons (Fsp3) is 0.600. The number of fused-ring (bicyclic) bond motifs is 1. The molecule has 2 aliphatic rings. The first-order valence-corrected chi connectivity index (χ1v) is 7.48. The number of hydrogen-bond acceptors (Lipinski definition) is 6. The quantitative estimate of drug-likeness (QED) is 0.680. The Labute approximate surface area is 112 Å². The van der Waals surface area contributed by atoms with Crippen molar-refractivity contribution >= 4 is 7.82 Å². The number of aromatic amines is 1. The largest absolute Gasteiger partial charge is 0.472 e. The van der Waals surface area contributed by atoms with Crippen molar-refractivity contribution in [3.8, 4) is 0 Å². The molecule has 2 saturated heterocycles. The molecule has 3 heterocycles. The molecule has 3 rings (SSSR count). The lowest BCUT2D eigenvalue weighted by Gasteiger charge is -2.26. The topological polar surface area (TPSA) is 120 Å². The van der Waals surface area contributed by atoms with Crippen molar-refractivity contribution in [3.63, 3.8) is 0 Å². The molecule has 9 nitrogen and oxygen atoms in total. The number of nitrogens with zero attached hydrogens (tertiary/aromatic N) is 1. The molecular formula is C10H13N2O7P. The van der Waals surface area contributed by atoms with Crippen LogP contribution in [0.25, 0.3) is 0 Å². The second-order valence-corrected chi connectivity index (χ2v) is 6.16. The molecule has 10 heteroatoms. The Bertz CT molecular complexity index is 696. The third kappa shape index (κ3) is 2.38. The zero-order valence-corrected chi connectivity index (χ0v) is 11.4. The normalized spacial score (nSPS) is 36.8. The number of H-pyrrole nitrogens is 1. The molecule has 0 amide bonds. The number of phosphoric acid groups is 1. The maximum absolute atomic E-state index is 11.8. The zero-order valence-electron chi connectivity index (χ0n) is 10.5. The average molecular weight is 304 g/mol. The van der Waals surface area contributed by atoms with Gasteiger partial charge in [-0.05, 0) is 6.92 Å². The third-order valence-electron chi connectivity index (χ3n) is 3.31. The van der Waals surface area contributed by atoms with Crippen molar-refractivity contribution in [2.24, 2.45) is 0 Å². The van der Waals surface area contributed by atoms with Crippen molar-refractivity contribution in [2.45, 2.75) is 31.8 Å². The molecule has 0 radical (unpaired) electrons. The van der Waals surface area contributed by atoms with Crippen molar-refractivity contribution in [1.82, 2.24) is 9.55 Å². The Kier molecular flexibility index (Phi) is 3.19. The lowest BCUT2D eigenvalue weighted by molar-refractivity contribution is -0.0680. The minimum absolute atomic E-state index is 0.0774. The Morgan fingerprint density at radius 2 is 2.20 bits per heavy atom. The number of ether oxygens (including phenoxy) is 1. The van der Waals surface area contributed by atoms with Crippen molar-refractivity contribution < 1.29 is 23.2 Å². The van der Waals surface area contributed by atoms with Crippen LogP contribution in [0.4, 0.5) is 0 Å². The van der Waals surface area contributed by atoms with Gasteiger partial charge in [0.25, 0.3) is 5.56 Å². The molecule has 0 saturated carbocycles. The van der Waals surface area contributed by atoms with Gasteiger partial charge >= 0.3 is 13.5 Å². The van der Waals surface area contributed by atoms with Gasteiger partial charge in [0.2, 0.25) is 0 Å².